The second-order valence-electron chi connectivity index (χ2n) is 4.48. The Morgan fingerprint density at radius 1 is 1.40 bits per heavy atom. The van der Waals surface area contributed by atoms with Gasteiger partial charge in [-0.3, -0.25) is 19.5 Å². The second-order valence-corrected chi connectivity index (χ2v) is 4.48. The number of hydrogen-bond acceptors (Lipinski definition) is 5. The number of nitrogens with zero attached hydrogens (tertiary/aromatic N) is 2. The molecule has 0 saturated heterocycles. The fourth-order valence-corrected chi connectivity index (χ4v) is 2.15. The first-order valence-electron chi connectivity index (χ1n) is 6.27. The van der Waals surface area contributed by atoms with E-state index in [9.17, 15) is 9.59 Å². The van der Waals surface area contributed by atoms with Gasteiger partial charge in [0.2, 0.25) is 17.3 Å². The molecule has 1 N–H and O–H groups in total. The number of fused-ring (bicyclic) bond motifs is 1. The molecular weight excluding hydrogens is 258 g/mol. The molecule has 1 aliphatic heterocycles. The molecule has 2 aromatic rings. The quantitative estimate of drug-likeness (QED) is 0.851. The van der Waals surface area contributed by atoms with Gasteiger partial charge in [0, 0.05) is 13.5 Å². The summed E-state index contributed by atoms with van der Waals surface area (Å²) in [4.78, 5) is 29.4. The highest BCUT2D eigenvalue weighted by Crippen LogP contribution is 2.14. The van der Waals surface area contributed by atoms with Crippen LogP contribution in [0.5, 0.6) is 0 Å². The maximum atomic E-state index is 12.3. The van der Waals surface area contributed by atoms with E-state index >= 15 is 0 Å². The number of carbonyl (C=O) groups is 1. The van der Waals surface area contributed by atoms with E-state index in [2.05, 4.69) is 10.3 Å². The van der Waals surface area contributed by atoms with Crippen LogP contribution in [-0.4, -0.2) is 29.9 Å². The SMILES string of the molecule is CC(=O)N1CCN=C1Nc1coc2ccccc2c1=O. The van der Waals surface area contributed by atoms with Crippen molar-refractivity contribution in [3.8, 4) is 0 Å². The number of nitrogens with one attached hydrogen (secondary N) is 1. The molecule has 0 bridgehead atoms. The molecule has 102 valence electrons. The number of guanidine groups is 1. The fraction of sp³-hybridized carbons (Fsp3) is 0.214. The Kier molecular flexibility index (Phi) is 2.98. The van der Waals surface area contributed by atoms with Crippen LogP contribution in [0.4, 0.5) is 5.69 Å². The van der Waals surface area contributed by atoms with Crippen molar-refractivity contribution in [3.05, 3.63) is 40.8 Å². The smallest absolute Gasteiger partial charge is 0.226 e. The third kappa shape index (κ3) is 2.05. The summed E-state index contributed by atoms with van der Waals surface area (Å²) in [7, 11) is 0. The molecule has 20 heavy (non-hydrogen) atoms. The van der Waals surface area contributed by atoms with Crippen molar-refractivity contribution in [1.29, 1.82) is 0 Å². The van der Waals surface area contributed by atoms with Crippen LogP contribution >= 0.6 is 0 Å². The molecule has 0 spiro atoms. The molecule has 6 heteroatoms. The van der Waals surface area contributed by atoms with E-state index in [-0.39, 0.29) is 17.0 Å². The summed E-state index contributed by atoms with van der Waals surface area (Å²) in [6, 6.07) is 7.01. The van der Waals surface area contributed by atoms with Crippen molar-refractivity contribution in [3.63, 3.8) is 0 Å². The second kappa shape index (κ2) is 4.80. The van der Waals surface area contributed by atoms with Gasteiger partial charge >= 0.3 is 0 Å². The molecule has 0 saturated carbocycles. The minimum absolute atomic E-state index is 0.112. The average molecular weight is 271 g/mol. The molecule has 0 fully saturated rings. The van der Waals surface area contributed by atoms with E-state index in [4.69, 9.17) is 4.42 Å². The largest absolute Gasteiger partial charge is 0.462 e. The van der Waals surface area contributed by atoms with Crippen molar-refractivity contribution in [2.45, 2.75) is 6.92 Å². The predicted molar refractivity (Wildman–Crippen MR) is 75.8 cm³/mol. The lowest BCUT2D eigenvalue weighted by molar-refractivity contribution is -0.124. The van der Waals surface area contributed by atoms with Crippen LogP contribution in [0.1, 0.15) is 6.92 Å². The molecule has 6 nitrogen and oxygen atoms in total. The summed E-state index contributed by atoms with van der Waals surface area (Å²) in [6.07, 6.45) is 1.35. The van der Waals surface area contributed by atoms with E-state index in [1.54, 1.807) is 24.3 Å². The first-order chi connectivity index (χ1) is 9.66. The minimum Gasteiger partial charge on any atom is -0.462 e. The molecule has 1 amide bonds. The molecule has 1 aliphatic rings. The number of aliphatic imine (C=N–C) groups is 1. The highest BCUT2D eigenvalue weighted by atomic mass is 16.3. The average Bonchev–Trinajstić information content (AvgIpc) is 2.91. The Morgan fingerprint density at radius 2 is 2.20 bits per heavy atom. The summed E-state index contributed by atoms with van der Waals surface area (Å²) in [5.74, 6) is 0.277. The first-order valence-corrected chi connectivity index (χ1v) is 6.27. The lowest BCUT2D eigenvalue weighted by Crippen LogP contribution is -2.37. The Hall–Kier alpha value is -2.63. The zero-order valence-corrected chi connectivity index (χ0v) is 10.9. The van der Waals surface area contributed by atoms with E-state index in [0.29, 0.717) is 30.0 Å². The van der Waals surface area contributed by atoms with Crippen molar-refractivity contribution >= 4 is 28.5 Å². The lowest BCUT2D eigenvalue weighted by atomic mass is 10.2. The standard InChI is InChI=1S/C14H13N3O3/c1-9(18)17-7-6-15-14(17)16-11-8-20-12-5-3-2-4-10(12)13(11)19/h2-5,8H,6-7H2,1H3,(H,15,16). The highest BCUT2D eigenvalue weighted by Gasteiger charge is 2.21. The summed E-state index contributed by atoms with van der Waals surface area (Å²) in [6.45, 7) is 2.52. The van der Waals surface area contributed by atoms with Crippen molar-refractivity contribution in [2.75, 3.05) is 18.4 Å². The van der Waals surface area contributed by atoms with E-state index < -0.39 is 0 Å². The molecule has 0 radical (unpaired) electrons. The van der Waals surface area contributed by atoms with Crippen LogP contribution in [0.15, 0.2) is 44.7 Å². The van der Waals surface area contributed by atoms with Crippen LogP contribution in [0.3, 0.4) is 0 Å². The minimum atomic E-state index is -0.176. The van der Waals surface area contributed by atoms with Gasteiger partial charge in [-0.1, -0.05) is 12.1 Å². The molecular formula is C14H13N3O3. The van der Waals surface area contributed by atoms with Crippen molar-refractivity contribution < 1.29 is 9.21 Å². The van der Waals surface area contributed by atoms with E-state index in [1.165, 1.54) is 18.1 Å². The van der Waals surface area contributed by atoms with Crippen LogP contribution < -0.4 is 10.7 Å². The normalized spacial score (nSPS) is 14.4. The van der Waals surface area contributed by atoms with Gasteiger partial charge in [-0.2, -0.15) is 0 Å². The number of carbonyl (C=O) groups excluding carboxylic acids is 1. The molecule has 0 aliphatic carbocycles. The van der Waals surface area contributed by atoms with Gasteiger partial charge in [0.25, 0.3) is 0 Å². The van der Waals surface area contributed by atoms with Gasteiger partial charge in [-0.25, -0.2) is 0 Å². The lowest BCUT2D eigenvalue weighted by Gasteiger charge is -2.16. The maximum absolute atomic E-state index is 12.3. The van der Waals surface area contributed by atoms with Crippen molar-refractivity contribution in [2.24, 2.45) is 4.99 Å². The Bertz CT molecular complexity index is 764. The molecule has 0 unspecified atom stereocenters. The number of hydrogen-bond donors (Lipinski definition) is 1. The van der Waals surface area contributed by atoms with Gasteiger partial charge < -0.3 is 9.73 Å². The first kappa shape index (κ1) is 12.4. The Labute approximate surface area is 114 Å². The molecule has 3 rings (SSSR count). The van der Waals surface area contributed by atoms with Crippen LogP contribution in [0, 0.1) is 0 Å². The number of para-hydroxylation sites is 1. The maximum Gasteiger partial charge on any atom is 0.226 e. The summed E-state index contributed by atoms with van der Waals surface area (Å²) in [5, 5.41) is 3.37. The zero-order chi connectivity index (χ0) is 14.1. The van der Waals surface area contributed by atoms with Gasteiger partial charge in [0.05, 0.1) is 11.9 Å². The fourth-order valence-electron chi connectivity index (χ4n) is 2.15. The van der Waals surface area contributed by atoms with Crippen LogP contribution in [-0.2, 0) is 4.79 Å². The van der Waals surface area contributed by atoms with Gasteiger partial charge in [-0.15, -0.1) is 0 Å². The third-order valence-electron chi connectivity index (χ3n) is 3.15. The summed E-state index contributed by atoms with van der Waals surface area (Å²) in [5.41, 5.74) is 0.625. The summed E-state index contributed by atoms with van der Waals surface area (Å²) >= 11 is 0. The molecule has 1 aromatic carbocycles. The van der Waals surface area contributed by atoms with E-state index in [0.717, 1.165) is 0 Å². The predicted octanol–water partition coefficient (Wildman–Crippen LogP) is 1.42. The van der Waals surface area contributed by atoms with Gasteiger partial charge in [0.1, 0.15) is 17.5 Å². The number of rotatable bonds is 1. The topological polar surface area (TPSA) is 74.9 Å². The van der Waals surface area contributed by atoms with Gasteiger partial charge in [0.15, 0.2) is 0 Å². The number of benzene rings is 1. The zero-order valence-electron chi connectivity index (χ0n) is 10.9. The van der Waals surface area contributed by atoms with E-state index in [1.807, 2.05) is 0 Å². The Morgan fingerprint density at radius 3 is 3.00 bits per heavy atom. The number of anilines is 1. The van der Waals surface area contributed by atoms with Crippen LogP contribution in [0.25, 0.3) is 11.0 Å². The molecule has 0 atom stereocenters. The number of amides is 1. The molecule has 1 aromatic heterocycles. The monoisotopic (exact) mass is 271 g/mol. The van der Waals surface area contributed by atoms with Gasteiger partial charge in [-0.05, 0) is 12.1 Å². The summed E-state index contributed by atoms with van der Waals surface area (Å²) < 4.78 is 5.41. The third-order valence-corrected chi connectivity index (χ3v) is 3.15. The molecule has 2 heterocycles. The van der Waals surface area contributed by atoms with Crippen molar-refractivity contribution in [1.82, 2.24) is 4.90 Å². The van der Waals surface area contributed by atoms with Crippen LogP contribution in [0.2, 0.25) is 0 Å². The Balaban J connectivity index is 1.98. The highest BCUT2D eigenvalue weighted by molar-refractivity contribution is 6.04.